The van der Waals surface area contributed by atoms with E-state index < -0.39 is 5.97 Å². The lowest BCUT2D eigenvalue weighted by Gasteiger charge is -2.06. The predicted molar refractivity (Wildman–Crippen MR) is 79.8 cm³/mol. The van der Waals surface area contributed by atoms with E-state index in [1.807, 2.05) is 26.0 Å². The van der Waals surface area contributed by atoms with Gasteiger partial charge in [-0.1, -0.05) is 25.1 Å². The van der Waals surface area contributed by atoms with Crippen LogP contribution in [0.4, 0.5) is 5.00 Å². The van der Waals surface area contributed by atoms with Crippen LogP contribution in [0.5, 0.6) is 0 Å². The Bertz CT molecular complexity index is 661. The number of aromatic carboxylic acids is 1. The minimum Gasteiger partial charge on any atom is -0.478 e. The Kier molecular flexibility index (Phi) is 4.20. The first kappa shape index (κ1) is 14.3. The molecule has 0 aliphatic rings. The van der Waals surface area contributed by atoms with Crippen molar-refractivity contribution in [2.75, 3.05) is 5.32 Å². The second-order valence-electron chi connectivity index (χ2n) is 4.38. The fourth-order valence-corrected chi connectivity index (χ4v) is 2.85. The van der Waals surface area contributed by atoms with E-state index >= 15 is 0 Å². The van der Waals surface area contributed by atoms with Gasteiger partial charge in [-0.15, -0.1) is 11.3 Å². The fourth-order valence-electron chi connectivity index (χ4n) is 1.87. The summed E-state index contributed by atoms with van der Waals surface area (Å²) in [5.74, 6) is -1.31. The molecule has 0 radical (unpaired) electrons. The van der Waals surface area contributed by atoms with Crippen molar-refractivity contribution >= 4 is 28.2 Å². The molecule has 0 unspecified atom stereocenters. The lowest BCUT2D eigenvalue weighted by atomic mass is 10.1. The Labute approximate surface area is 121 Å². The first-order chi connectivity index (χ1) is 9.52. The van der Waals surface area contributed by atoms with Gasteiger partial charge in [0, 0.05) is 10.4 Å². The lowest BCUT2D eigenvalue weighted by Crippen LogP contribution is -2.14. The summed E-state index contributed by atoms with van der Waals surface area (Å²) in [6.45, 7) is 3.79. The van der Waals surface area contributed by atoms with Crippen molar-refractivity contribution in [3.05, 3.63) is 51.9 Å². The van der Waals surface area contributed by atoms with E-state index in [4.69, 9.17) is 5.11 Å². The standard InChI is InChI=1S/C15H15NO3S/c1-3-10-8-12(15(18)19)14(20-10)16-13(17)11-7-5-4-6-9(11)2/h4-8H,3H2,1-2H3,(H,16,17)(H,18,19). The molecule has 2 N–H and O–H groups in total. The van der Waals surface area contributed by atoms with Crippen LogP contribution in [0.1, 0.15) is 38.1 Å². The quantitative estimate of drug-likeness (QED) is 0.904. The Morgan fingerprint density at radius 1 is 1.25 bits per heavy atom. The van der Waals surface area contributed by atoms with E-state index in [2.05, 4.69) is 5.32 Å². The number of thiophene rings is 1. The zero-order valence-electron chi connectivity index (χ0n) is 11.3. The molecule has 2 rings (SSSR count). The number of carbonyl (C=O) groups excluding carboxylic acids is 1. The van der Waals surface area contributed by atoms with Gasteiger partial charge in [0.25, 0.3) is 5.91 Å². The highest BCUT2D eigenvalue weighted by Crippen LogP contribution is 2.29. The number of rotatable bonds is 4. The molecule has 0 bridgehead atoms. The molecule has 0 spiro atoms. The van der Waals surface area contributed by atoms with Gasteiger partial charge < -0.3 is 10.4 Å². The van der Waals surface area contributed by atoms with E-state index in [0.717, 1.165) is 16.9 Å². The Morgan fingerprint density at radius 2 is 1.95 bits per heavy atom. The SMILES string of the molecule is CCc1cc(C(=O)O)c(NC(=O)c2ccccc2C)s1. The molecule has 4 nitrogen and oxygen atoms in total. The van der Waals surface area contributed by atoms with Crippen molar-refractivity contribution in [1.29, 1.82) is 0 Å². The molecule has 1 heterocycles. The van der Waals surface area contributed by atoms with Gasteiger partial charge in [-0.25, -0.2) is 4.79 Å². The van der Waals surface area contributed by atoms with Gasteiger partial charge in [0.2, 0.25) is 0 Å². The highest BCUT2D eigenvalue weighted by Gasteiger charge is 2.18. The van der Waals surface area contributed by atoms with E-state index in [9.17, 15) is 9.59 Å². The topological polar surface area (TPSA) is 66.4 Å². The van der Waals surface area contributed by atoms with E-state index in [1.54, 1.807) is 18.2 Å². The van der Waals surface area contributed by atoms with E-state index in [-0.39, 0.29) is 11.5 Å². The number of aryl methyl sites for hydroxylation is 2. The van der Waals surface area contributed by atoms with Crippen molar-refractivity contribution < 1.29 is 14.7 Å². The maximum absolute atomic E-state index is 12.2. The molecule has 0 atom stereocenters. The Morgan fingerprint density at radius 3 is 2.55 bits per heavy atom. The van der Waals surface area contributed by atoms with Crippen LogP contribution in [-0.4, -0.2) is 17.0 Å². The monoisotopic (exact) mass is 289 g/mol. The van der Waals surface area contributed by atoms with Gasteiger partial charge in [-0.3, -0.25) is 4.79 Å². The van der Waals surface area contributed by atoms with Gasteiger partial charge >= 0.3 is 5.97 Å². The molecule has 1 amide bonds. The van der Waals surface area contributed by atoms with Gasteiger partial charge in [-0.05, 0) is 31.0 Å². The normalized spacial score (nSPS) is 10.3. The van der Waals surface area contributed by atoms with E-state index in [0.29, 0.717) is 10.6 Å². The summed E-state index contributed by atoms with van der Waals surface area (Å²) >= 11 is 1.30. The average molecular weight is 289 g/mol. The van der Waals surface area contributed by atoms with Crippen LogP contribution in [0.25, 0.3) is 0 Å². The van der Waals surface area contributed by atoms with Crippen LogP contribution in [0.15, 0.2) is 30.3 Å². The number of amides is 1. The Hall–Kier alpha value is -2.14. The van der Waals surface area contributed by atoms with Crippen molar-refractivity contribution in [2.24, 2.45) is 0 Å². The van der Waals surface area contributed by atoms with Crippen LogP contribution in [0.3, 0.4) is 0 Å². The first-order valence-corrected chi connectivity index (χ1v) is 7.07. The summed E-state index contributed by atoms with van der Waals surface area (Å²) in [7, 11) is 0. The van der Waals surface area contributed by atoms with Crippen LogP contribution < -0.4 is 5.32 Å². The maximum Gasteiger partial charge on any atom is 0.338 e. The molecular formula is C15H15NO3S. The van der Waals surface area contributed by atoms with Crippen LogP contribution in [0, 0.1) is 6.92 Å². The van der Waals surface area contributed by atoms with Gasteiger partial charge in [0.05, 0.1) is 5.56 Å². The fraction of sp³-hybridized carbons (Fsp3) is 0.200. The van der Waals surface area contributed by atoms with Crippen molar-refractivity contribution in [3.63, 3.8) is 0 Å². The molecule has 0 aliphatic carbocycles. The minimum atomic E-state index is -1.03. The van der Waals surface area contributed by atoms with Crippen molar-refractivity contribution in [2.45, 2.75) is 20.3 Å². The average Bonchev–Trinajstić information content (AvgIpc) is 2.82. The Balaban J connectivity index is 2.30. The number of carboxylic acid groups (broad SMARTS) is 1. The molecule has 1 aromatic heterocycles. The van der Waals surface area contributed by atoms with Crippen LogP contribution in [-0.2, 0) is 6.42 Å². The second kappa shape index (κ2) is 5.88. The number of carboxylic acids is 1. The molecular weight excluding hydrogens is 274 g/mol. The molecule has 0 saturated carbocycles. The third-order valence-corrected chi connectivity index (χ3v) is 4.17. The van der Waals surface area contributed by atoms with Gasteiger partial charge in [0.1, 0.15) is 5.00 Å². The summed E-state index contributed by atoms with van der Waals surface area (Å²) in [5.41, 5.74) is 1.55. The summed E-state index contributed by atoms with van der Waals surface area (Å²) in [6, 6.07) is 8.82. The summed E-state index contributed by atoms with van der Waals surface area (Å²) < 4.78 is 0. The number of hydrogen-bond donors (Lipinski definition) is 2. The molecule has 104 valence electrons. The lowest BCUT2D eigenvalue weighted by molar-refractivity contribution is 0.0698. The van der Waals surface area contributed by atoms with Gasteiger partial charge in [0.15, 0.2) is 0 Å². The summed E-state index contributed by atoms with van der Waals surface area (Å²) in [5, 5.41) is 12.3. The molecule has 0 aliphatic heterocycles. The summed E-state index contributed by atoms with van der Waals surface area (Å²) in [4.78, 5) is 24.3. The predicted octanol–water partition coefficient (Wildman–Crippen LogP) is 3.57. The highest BCUT2D eigenvalue weighted by molar-refractivity contribution is 7.16. The third kappa shape index (κ3) is 2.88. The minimum absolute atomic E-state index is 0.147. The number of nitrogens with one attached hydrogen (secondary N) is 1. The van der Waals surface area contributed by atoms with Crippen LogP contribution >= 0.6 is 11.3 Å². The highest BCUT2D eigenvalue weighted by atomic mass is 32.1. The number of carbonyl (C=O) groups is 2. The molecule has 0 saturated heterocycles. The van der Waals surface area contributed by atoms with E-state index in [1.165, 1.54) is 11.3 Å². The van der Waals surface area contributed by atoms with Crippen molar-refractivity contribution in [1.82, 2.24) is 0 Å². The summed E-state index contributed by atoms with van der Waals surface area (Å²) in [6.07, 6.45) is 0.741. The largest absolute Gasteiger partial charge is 0.478 e. The molecule has 1 aromatic carbocycles. The van der Waals surface area contributed by atoms with Crippen LogP contribution in [0.2, 0.25) is 0 Å². The molecule has 0 fully saturated rings. The first-order valence-electron chi connectivity index (χ1n) is 6.26. The zero-order chi connectivity index (χ0) is 14.7. The molecule has 5 heteroatoms. The van der Waals surface area contributed by atoms with Crippen molar-refractivity contribution in [3.8, 4) is 0 Å². The van der Waals surface area contributed by atoms with Gasteiger partial charge in [-0.2, -0.15) is 0 Å². The number of hydrogen-bond acceptors (Lipinski definition) is 3. The third-order valence-electron chi connectivity index (χ3n) is 2.98. The molecule has 2 aromatic rings. The number of anilines is 1. The smallest absolute Gasteiger partial charge is 0.338 e. The maximum atomic E-state index is 12.2. The molecule has 20 heavy (non-hydrogen) atoms. The number of benzene rings is 1. The zero-order valence-corrected chi connectivity index (χ0v) is 12.1. The second-order valence-corrected chi connectivity index (χ2v) is 5.52.